The van der Waals surface area contributed by atoms with Crippen molar-refractivity contribution in [1.29, 1.82) is 0 Å². The first-order valence-corrected chi connectivity index (χ1v) is 14.1. The summed E-state index contributed by atoms with van der Waals surface area (Å²) in [6.07, 6.45) is 6.06. The normalized spacial score (nSPS) is 19.4. The molecule has 2 aromatic carbocycles. The largest absolute Gasteiger partial charge is 0.495 e. The number of aryl methyl sites for hydroxylation is 1. The third-order valence-electron chi connectivity index (χ3n) is 7.09. The highest BCUT2D eigenvalue weighted by Crippen LogP contribution is 2.45. The minimum atomic E-state index is -3.85. The van der Waals surface area contributed by atoms with Gasteiger partial charge < -0.3 is 9.64 Å². The van der Waals surface area contributed by atoms with Crippen molar-refractivity contribution in [2.45, 2.75) is 69.4 Å². The van der Waals surface area contributed by atoms with E-state index in [-0.39, 0.29) is 10.4 Å². The summed E-state index contributed by atoms with van der Waals surface area (Å²) in [6, 6.07) is 13.5. The molecule has 3 aromatic rings. The fraction of sp³-hybridized carbons (Fsp3) is 0.423. The van der Waals surface area contributed by atoms with Crippen LogP contribution in [0.15, 0.2) is 47.4 Å². The molecule has 1 saturated carbocycles. The van der Waals surface area contributed by atoms with Crippen LogP contribution in [-0.2, 0) is 15.6 Å². The molecule has 3 heterocycles. The van der Waals surface area contributed by atoms with Gasteiger partial charge in [0.2, 0.25) is 0 Å². The van der Waals surface area contributed by atoms with Gasteiger partial charge in [-0.05, 0) is 75.1 Å². The number of anilines is 2. The van der Waals surface area contributed by atoms with E-state index >= 15 is 0 Å². The number of ether oxygens (including phenoxy) is 1. The van der Waals surface area contributed by atoms with Crippen molar-refractivity contribution in [2.24, 2.45) is 0 Å². The van der Waals surface area contributed by atoms with E-state index < -0.39 is 10.0 Å². The zero-order valence-electron chi connectivity index (χ0n) is 20.1. The Morgan fingerprint density at radius 2 is 1.79 bits per heavy atom. The van der Waals surface area contributed by atoms with Crippen LogP contribution in [0.25, 0.3) is 10.4 Å². The highest BCUT2D eigenvalue weighted by molar-refractivity contribution is 7.92. The van der Waals surface area contributed by atoms with Gasteiger partial charge in [-0.25, -0.2) is 13.4 Å². The summed E-state index contributed by atoms with van der Waals surface area (Å²) in [5.74, 6) is 0.312. The van der Waals surface area contributed by atoms with E-state index in [2.05, 4.69) is 23.5 Å². The van der Waals surface area contributed by atoms with E-state index in [0.29, 0.717) is 17.5 Å². The molecule has 6 bridgehead atoms. The number of fused-ring (bicyclic) bond motifs is 4. The molecule has 0 atom stereocenters. The molecule has 6 rings (SSSR count). The number of aromatic nitrogens is 1. The lowest BCUT2D eigenvalue weighted by Crippen LogP contribution is -2.49. The van der Waals surface area contributed by atoms with E-state index in [0.717, 1.165) is 39.7 Å². The van der Waals surface area contributed by atoms with Crippen LogP contribution in [0.1, 0.15) is 57.2 Å². The summed E-state index contributed by atoms with van der Waals surface area (Å²) in [4.78, 5) is 8.67. The van der Waals surface area contributed by atoms with Gasteiger partial charge in [-0.2, -0.15) is 0 Å². The molecule has 8 heteroatoms. The Hall–Kier alpha value is -2.58. The summed E-state index contributed by atoms with van der Waals surface area (Å²) >= 11 is 1.64. The maximum Gasteiger partial charge on any atom is 0.265 e. The Morgan fingerprint density at radius 3 is 2.47 bits per heavy atom. The Balaban J connectivity index is 1.77. The van der Waals surface area contributed by atoms with E-state index in [1.54, 1.807) is 23.5 Å². The molecule has 1 aromatic heterocycles. The maximum atomic E-state index is 13.3. The second-order valence-corrected chi connectivity index (χ2v) is 12.3. The Labute approximate surface area is 206 Å². The molecule has 0 saturated heterocycles. The average molecular weight is 498 g/mol. The summed E-state index contributed by atoms with van der Waals surface area (Å²) in [5, 5.41) is 0.990. The number of hydrogen-bond donors (Lipinski definition) is 1. The highest BCUT2D eigenvalue weighted by atomic mass is 32.2. The van der Waals surface area contributed by atoms with Crippen molar-refractivity contribution < 1.29 is 13.2 Å². The van der Waals surface area contributed by atoms with Crippen LogP contribution in [0.5, 0.6) is 5.75 Å². The summed E-state index contributed by atoms with van der Waals surface area (Å²) in [6.45, 7) is 6.49. The van der Waals surface area contributed by atoms with Crippen LogP contribution in [0.4, 0.5) is 10.8 Å². The minimum Gasteiger partial charge on any atom is -0.495 e. The van der Waals surface area contributed by atoms with Crippen molar-refractivity contribution in [3.05, 3.63) is 53.7 Å². The molecule has 0 radical (unpaired) electrons. The van der Waals surface area contributed by atoms with E-state index in [1.807, 2.05) is 37.3 Å². The van der Waals surface area contributed by atoms with Crippen LogP contribution < -0.4 is 14.4 Å². The van der Waals surface area contributed by atoms with E-state index in [1.165, 1.54) is 26.4 Å². The number of methoxy groups -OCH3 is 1. The second-order valence-electron chi connectivity index (χ2n) is 9.68. The van der Waals surface area contributed by atoms with Crippen LogP contribution in [-0.4, -0.2) is 26.6 Å². The molecule has 6 nitrogen and oxygen atoms in total. The Kier molecular flexibility index (Phi) is 5.84. The van der Waals surface area contributed by atoms with Crippen molar-refractivity contribution in [3.8, 4) is 16.2 Å². The van der Waals surface area contributed by atoms with Crippen LogP contribution in [0.2, 0.25) is 0 Å². The predicted molar refractivity (Wildman–Crippen MR) is 138 cm³/mol. The summed E-state index contributed by atoms with van der Waals surface area (Å²) in [7, 11) is -2.36. The molecule has 180 valence electrons. The van der Waals surface area contributed by atoms with Crippen molar-refractivity contribution in [2.75, 3.05) is 16.7 Å². The van der Waals surface area contributed by atoms with Crippen molar-refractivity contribution >= 4 is 32.2 Å². The topological polar surface area (TPSA) is 71.5 Å². The van der Waals surface area contributed by atoms with Gasteiger partial charge in [0.1, 0.15) is 10.6 Å². The van der Waals surface area contributed by atoms with Gasteiger partial charge in [0.05, 0.1) is 23.2 Å². The molecule has 0 spiro atoms. The lowest BCUT2D eigenvalue weighted by Gasteiger charge is -2.45. The second kappa shape index (κ2) is 8.57. The number of hydrogen-bond acceptors (Lipinski definition) is 6. The van der Waals surface area contributed by atoms with Gasteiger partial charge in [-0.3, -0.25) is 4.72 Å². The third-order valence-corrected chi connectivity index (χ3v) is 9.70. The van der Waals surface area contributed by atoms with Gasteiger partial charge in [0.15, 0.2) is 5.13 Å². The first kappa shape index (κ1) is 23.2. The van der Waals surface area contributed by atoms with E-state index in [4.69, 9.17) is 9.72 Å². The maximum absolute atomic E-state index is 13.3. The number of sulfonamides is 1. The highest BCUT2D eigenvalue weighted by Gasteiger charge is 2.37. The molecule has 0 unspecified atom stereocenters. The molecular formula is C26H31N3O3S2. The number of benzene rings is 2. The van der Waals surface area contributed by atoms with Crippen LogP contribution >= 0.6 is 11.3 Å². The molecule has 1 aliphatic carbocycles. The first-order valence-electron chi connectivity index (χ1n) is 11.8. The SMILES string of the molecule is COc1ccc2cc1S(=O)(=O)Nc1ccc(cc1)C(C)(C)N(C1CCCCC1)c1nc(C)c-2s1. The number of rotatable bonds is 2. The molecule has 34 heavy (non-hydrogen) atoms. The molecule has 3 aliphatic rings. The Bertz CT molecular complexity index is 1310. The van der Waals surface area contributed by atoms with Gasteiger partial charge in [0, 0.05) is 11.7 Å². The van der Waals surface area contributed by atoms with Crippen molar-refractivity contribution in [3.63, 3.8) is 0 Å². The quantitative estimate of drug-likeness (QED) is 0.449. The standard InChI is InChI=1S/C26H31N3O3S2/c1-17-24-18-10-15-22(32-4)23(16-18)34(30,31)28-20-13-11-19(12-14-20)26(2,3)29(25(27-17)33-24)21-8-6-5-7-9-21/h10-16,21,28H,5-9H2,1-4H3. The van der Waals surface area contributed by atoms with Gasteiger partial charge in [-0.15, -0.1) is 0 Å². The summed E-state index contributed by atoms with van der Waals surface area (Å²) < 4.78 is 34.8. The number of nitrogens with zero attached hydrogens (tertiary/aromatic N) is 2. The average Bonchev–Trinajstić information content (AvgIpc) is 3.19. The zero-order chi connectivity index (χ0) is 24.1. The molecule has 1 fully saturated rings. The van der Waals surface area contributed by atoms with Gasteiger partial charge >= 0.3 is 0 Å². The number of nitrogens with one attached hydrogen (secondary N) is 1. The predicted octanol–water partition coefficient (Wildman–Crippen LogP) is 6.32. The fourth-order valence-electron chi connectivity index (χ4n) is 5.27. The zero-order valence-corrected chi connectivity index (χ0v) is 21.7. The van der Waals surface area contributed by atoms with E-state index in [9.17, 15) is 8.42 Å². The van der Waals surface area contributed by atoms with Gasteiger partial charge in [0.25, 0.3) is 10.0 Å². The molecule has 1 N–H and O–H groups in total. The third kappa shape index (κ3) is 3.96. The van der Waals surface area contributed by atoms with Crippen LogP contribution in [0.3, 0.4) is 0 Å². The first-order chi connectivity index (χ1) is 16.2. The summed E-state index contributed by atoms with van der Waals surface area (Å²) in [5.41, 5.74) is 3.08. The molecule has 0 amide bonds. The lowest BCUT2D eigenvalue weighted by atomic mass is 9.86. The minimum absolute atomic E-state index is 0.118. The van der Waals surface area contributed by atoms with Crippen LogP contribution in [0, 0.1) is 6.92 Å². The Morgan fingerprint density at radius 1 is 1.09 bits per heavy atom. The van der Waals surface area contributed by atoms with Crippen molar-refractivity contribution in [1.82, 2.24) is 4.98 Å². The molecular weight excluding hydrogens is 466 g/mol. The molecule has 2 aliphatic heterocycles. The fourth-order valence-corrected chi connectivity index (χ4v) is 7.80. The smallest absolute Gasteiger partial charge is 0.265 e. The van der Waals surface area contributed by atoms with Gasteiger partial charge in [-0.1, -0.05) is 42.7 Å². The lowest BCUT2D eigenvalue weighted by molar-refractivity contribution is 0.343. The monoisotopic (exact) mass is 497 g/mol. The number of thiazole rings is 1.